The summed E-state index contributed by atoms with van der Waals surface area (Å²) >= 11 is 0. The van der Waals surface area contributed by atoms with Crippen LogP contribution in [0.4, 0.5) is 0 Å². The lowest BCUT2D eigenvalue weighted by molar-refractivity contribution is 1.41. The van der Waals surface area contributed by atoms with Crippen LogP contribution in [0.5, 0.6) is 0 Å². The first-order chi connectivity index (χ1) is 27.8. The van der Waals surface area contributed by atoms with Gasteiger partial charge in [0.05, 0.1) is 11.4 Å². The monoisotopic (exact) mass is 733 g/mol. The minimum absolute atomic E-state index is 0.701. The predicted octanol–water partition coefficient (Wildman–Crippen LogP) is 14.9. The summed E-state index contributed by atoms with van der Waals surface area (Å²) in [6.45, 7) is 19.4. The summed E-state index contributed by atoms with van der Waals surface area (Å²) in [5.41, 5.74) is 19.4. The molecule has 0 aliphatic rings. The molecule has 0 bridgehead atoms. The fraction of sp³-hybridized carbons (Fsp3) is 0.0536. The SMILES string of the molecule is C=C/C(=C\c1ccccc1C)c1cc(/C(C=C)=C/c2ccccc2C)cc(-c2ccc(C(=C)N=C(c3ccc(-c4ccccc4)cc3)c3ccccc3C)cc2)c1. The minimum Gasteiger partial charge on any atom is -0.248 e. The Morgan fingerprint density at radius 2 is 0.860 bits per heavy atom. The number of aryl methyl sites for hydroxylation is 3. The molecule has 7 aromatic carbocycles. The van der Waals surface area contributed by atoms with Crippen molar-refractivity contribution in [3.05, 3.63) is 257 Å². The van der Waals surface area contributed by atoms with Crippen molar-refractivity contribution in [3.8, 4) is 22.3 Å². The maximum atomic E-state index is 5.23. The van der Waals surface area contributed by atoms with Crippen molar-refractivity contribution < 1.29 is 0 Å². The lowest BCUT2D eigenvalue weighted by Crippen LogP contribution is -2.06. The molecule has 0 unspecified atom stereocenters. The zero-order valence-corrected chi connectivity index (χ0v) is 33.0. The van der Waals surface area contributed by atoms with E-state index in [4.69, 9.17) is 4.99 Å². The minimum atomic E-state index is 0.701. The van der Waals surface area contributed by atoms with Gasteiger partial charge >= 0.3 is 0 Å². The largest absolute Gasteiger partial charge is 0.248 e. The molecule has 0 radical (unpaired) electrons. The lowest BCUT2D eigenvalue weighted by atomic mass is 9.91. The second kappa shape index (κ2) is 17.6. The van der Waals surface area contributed by atoms with Gasteiger partial charge in [-0.1, -0.05) is 184 Å². The van der Waals surface area contributed by atoms with Crippen molar-refractivity contribution in [2.75, 3.05) is 0 Å². The van der Waals surface area contributed by atoms with Crippen molar-refractivity contribution in [1.82, 2.24) is 0 Å². The van der Waals surface area contributed by atoms with E-state index in [2.05, 4.69) is 216 Å². The van der Waals surface area contributed by atoms with Gasteiger partial charge in [0.15, 0.2) is 0 Å². The number of rotatable bonds is 12. The number of hydrogen-bond acceptors (Lipinski definition) is 1. The van der Waals surface area contributed by atoms with Crippen LogP contribution in [-0.2, 0) is 0 Å². The second-order valence-corrected chi connectivity index (χ2v) is 14.4. The van der Waals surface area contributed by atoms with Crippen molar-refractivity contribution >= 4 is 34.7 Å². The molecule has 0 fully saturated rings. The van der Waals surface area contributed by atoms with Crippen LogP contribution in [0.2, 0.25) is 0 Å². The highest BCUT2D eigenvalue weighted by Crippen LogP contribution is 2.33. The predicted molar refractivity (Wildman–Crippen MR) is 248 cm³/mol. The van der Waals surface area contributed by atoms with Crippen LogP contribution in [0.25, 0.3) is 51.2 Å². The first kappa shape index (κ1) is 38.2. The number of hydrogen-bond donors (Lipinski definition) is 0. The van der Waals surface area contributed by atoms with E-state index in [1.807, 2.05) is 18.2 Å². The molecule has 0 atom stereocenters. The fourth-order valence-electron chi connectivity index (χ4n) is 7.10. The summed E-state index contributed by atoms with van der Waals surface area (Å²) in [5, 5.41) is 0. The Labute approximate surface area is 338 Å². The van der Waals surface area contributed by atoms with Crippen LogP contribution in [0.1, 0.15) is 55.6 Å². The van der Waals surface area contributed by atoms with Gasteiger partial charge in [-0.3, -0.25) is 0 Å². The average molecular weight is 734 g/mol. The van der Waals surface area contributed by atoms with E-state index < -0.39 is 0 Å². The highest BCUT2D eigenvalue weighted by molar-refractivity contribution is 6.15. The number of nitrogens with zero attached hydrogens (tertiary/aromatic N) is 1. The molecule has 57 heavy (non-hydrogen) atoms. The van der Waals surface area contributed by atoms with Gasteiger partial charge in [-0.25, -0.2) is 4.99 Å². The summed E-state index contributed by atoms with van der Waals surface area (Å²) in [4.78, 5) is 5.23. The van der Waals surface area contributed by atoms with Crippen molar-refractivity contribution in [2.45, 2.75) is 20.8 Å². The topological polar surface area (TPSA) is 12.4 Å². The maximum Gasteiger partial charge on any atom is 0.0784 e. The van der Waals surface area contributed by atoms with Crippen LogP contribution < -0.4 is 0 Å². The Bertz CT molecular complexity index is 2580. The van der Waals surface area contributed by atoms with E-state index >= 15 is 0 Å². The third-order valence-electron chi connectivity index (χ3n) is 10.5. The molecule has 7 rings (SSSR count). The molecule has 7 aromatic rings. The molecule has 0 aliphatic heterocycles. The second-order valence-electron chi connectivity index (χ2n) is 14.4. The van der Waals surface area contributed by atoms with Gasteiger partial charge in [-0.2, -0.15) is 0 Å². The van der Waals surface area contributed by atoms with E-state index in [0.29, 0.717) is 5.70 Å². The molecule has 0 N–H and O–H groups in total. The first-order valence-electron chi connectivity index (χ1n) is 19.4. The van der Waals surface area contributed by atoms with Gasteiger partial charge < -0.3 is 0 Å². The molecular formula is C56H47N. The standard InChI is InChI=1S/C56H47N/c1-7-43(34-50-23-15-12-18-39(50)3)52-36-53(44(8-2)35-51-24-16-13-19-40(51)4)38-54(37-52)48-28-26-45(27-29-48)42(6)57-56(55-25-17-14-20-41(55)5)49-32-30-47(31-33-49)46-21-10-9-11-22-46/h7-38H,1-2,6H2,3-5H3/b43-34+,44-35+,57-56?. The zero-order valence-electron chi connectivity index (χ0n) is 33.0. The van der Waals surface area contributed by atoms with Crippen molar-refractivity contribution in [3.63, 3.8) is 0 Å². The Kier molecular flexibility index (Phi) is 11.8. The van der Waals surface area contributed by atoms with Crippen LogP contribution in [-0.4, -0.2) is 5.71 Å². The summed E-state index contributed by atoms with van der Waals surface area (Å²) in [6, 6.07) is 59.7. The third kappa shape index (κ3) is 8.91. The van der Waals surface area contributed by atoms with Gasteiger partial charge in [0.2, 0.25) is 0 Å². The first-order valence-corrected chi connectivity index (χ1v) is 19.4. The van der Waals surface area contributed by atoms with Gasteiger partial charge in [-0.15, -0.1) is 0 Å². The molecule has 0 heterocycles. The van der Waals surface area contributed by atoms with Crippen molar-refractivity contribution in [2.24, 2.45) is 4.99 Å². The summed E-state index contributed by atoms with van der Waals surface area (Å²) in [5.74, 6) is 0. The van der Waals surface area contributed by atoms with Crippen LogP contribution in [0.15, 0.2) is 207 Å². The lowest BCUT2D eigenvalue weighted by Gasteiger charge is -2.14. The highest BCUT2D eigenvalue weighted by Gasteiger charge is 2.14. The van der Waals surface area contributed by atoms with E-state index in [0.717, 1.165) is 61.4 Å². The molecule has 0 saturated carbocycles. The quantitative estimate of drug-likeness (QED) is 0.0674. The number of aliphatic imine (C=N–C) groups is 1. The van der Waals surface area contributed by atoms with E-state index in [9.17, 15) is 0 Å². The number of allylic oxidation sites excluding steroid dienone is 4. The van der Waals surface area contributed by atoms with Crippen LogP contribution in [0.3, 0.4) is 0 Å². The van der Waals surface area contributed by atoms with E-state index in [1.54, 1.807) is 0 Å². The molecule has 0 amide bonds. The molecular weight excluding hydrogens is 687 g/mol. The highest BCUT2D eigenvalue weighted by atomic mass is 14.8. The summed E-state index contributed by atoms with van der Waals surface area (Å²) < 4.78 is 0. The van der Waals surface area contributed by atoms with Gasteiger partial charge in [0, 0.05) is 11.1 Å². The molecule has 0 saturated heterocycles. The molecule has 1 nitrogen and oxygen atoms in total. The smallest absolute Gasteiger partial charge is 0.0784 e. The molecule has 0 aliphatic carbocycles. The maximum absolute atomic E-state index is 5.23. The van der Waals surface area contributed by atoms with E-state index in [1.165, 1.54) is 33.4 Å². The Balaban J connectivity index is 1.28. The zero-order chi connectivity index (χ0) is 39.7. The molecule has 1 heteroatoms. The van der Waals surface area contributed by atoms with Gasteiger partial charge in [-0.05, 0) is 129 Å². The Hall–Kier alpha value is -7.09. The Morgan fingerprint density at radius 3 is 1.37 bits per heavy atom. The number of benzene rings is 7. The van der Waals surface area contributed by atoms with Crippen LogP contribution in [0, 0.1) is 20.8 Å². The summed E-state index contributed by atoms with van der Waals surface area (Å²) in [7, 11) is 0. The van der Waals surface area contributed by atoms with Gasteiger partial charge in [0.1, 0.15) is 0 Å². The molecule has 0 aromatic heterocycles. The third-order valence-corrected chi connectivity index (χ3v) is 10.5. The Morgan fingerprint density at radius 1 is 0.421 bits per heavy atom. The van der Waals surface area contributed by atoms with Gasteiger partial charge in [0.25, 0.3) is 0 Å². The normalized spacial score (nSPS) is 11.9. The molecule has 0 spiro atoms. The molecule has 276 valence electrons. The van der Waals surface area contributed by atoms with Crippen molar-refractivity contribution in [1.29, 1.82) is 0 Å². The van der Waals surface area contributed by atoms with E-state index in [-0.39, 0.29) is 0 Å². The fourth-order valence-corrected chi connectivity index (χ4v) is 7.10. The van der Waals surface area contributed by atoms with Crippen LogP contribution >= 0.6 is 0 Å². The summed E-state index contributed by atoms with van der Waals surface area (Å²) in [6.07, 6.45) is 8.33. The average Bonchev–Trinajstić information content (AvgIpc) is 3.25.